The molecule has 1 aliphatic heterocycles. The summed E-state index contributed by atoms with van der Waals surface area (Å²) >= 11 is 0. The first-order valence-corrected chi connectivity index (χ1v) is 6.92. The van der Waals surface area contributed by atoms with Crippen molar-refractivity contribution in [2.45, 2.75) is 32.2 Å². The van der Waals surface area contributed by atoms with Gasteiger partial charge in [0.15, 0.2) is 0 Å². The van der Waals surface area contributed by atoms with Gasteiger partial charge in [-0.1, -0.05) is 6.07 Å². The number of benzene rings is 1. The zero-order valence-electron chi connectivity index (χ0n) is 12.2. The van der Waals surface area contributed by atoms with Crippen molar-refractivity contribution in [3.8, 4) is 0 Å². The summed E-state index contributed by atoms with van der Waals surface area (Å²) < 4.78 is 13.2. The number of hydrogen-bond acceptors (Lipinski definition) is 3. The molecular weight excluding hydrogens is 291 g/mol. The van der Waals surface area contributed by atoms with Crippen LogP contribution in [0.2, 0.25) is 0 Å². The Morgan fingerprint density at radius 1 is 1.41 bits per heavy atom. The van der Waals surface area contributed by atoms with Gasteiger partial charge in [0.25, 0.3) is 0 Å². The van der Waals surface area contributed by atoms with E-state index in [2.05, 4.69) is 10.6 Å². The van der Waals surface area contributed by atoms with E-state index in [9.17, 15) is 18.8 Å². The van der Waals surface area contributed by atoms with Crippen molar-refractivity contribution in [2.75, 3.05) is 5.32 Å². The van der Waals surface area contributed by atoms with E-state index in [4.69, 9.17) is 5.11 Å². The average Bonchev–Trinajstić information content (AvgIpc) is 2.44. The van der Waals surface area contributed by atoms with Crippen molar-refractivity contribution >= 4 is 23.5 Å². The van der Waals surface area contributed by atoms with E-state index in [1.807, 2.05) is 0 Å². The van der Waals surface area contributed by atoms with Crippen molar-refractivity contribution in [1.29, 1.82) is 0 Å². The quantitative estimate of drug-likeness (QED) is 0.785. The number of anilines is 1. The lowest BCUT2D eigenvalue weighted by Crippen LogP contribution is -2.43. The van der Waals surface area contributed by atoms with Gasteiger partial charge in [-0.3, -0.25) is 14.4 Å². The van der Waals surface area contributed by atoms with Crippen molar-refractivity contribution < 1.29 is 23.9 Å². The molecule has 3 unspecified atom stereocenters. The predicted molar refractivity (Wildman–Crippen MR) is 76.8 cm³/mol. The van der Waals surface area contributed by atoms with Crippen molar-refractivity contribution in [2.24, 2.45) is 5.92 Å². The van der Waals surface area contributed by atoms with Crippen LogP contribution in [0.3, 0.4) is 0 Å². The smallest absolute Gasteiger partial charge is 0.308 e. The second-order valence-electron chi connectivity index (χ2n) is 5.46. The van der Waals surface area contributed by atoms with Crippen LogP contribution in [0.1, 0.15) is 31.7 Å². The van der Waals surface area contributed by atoms with E-state index in [0.29, 0.717) is 5.56 Å². The molecule has 0 aliphatic carbocycles. The molecule has 2 amide bonds. The molecule has 0 fully saturated rings. The molecule has 1 aliphatic rings. The topological polar surface area (TPSA) is 95.5 Å². The summed E-state index contributed by atoms with van der Waals surface area (Å²) in [7, 11) is 0. The normalized spacial score (nSPS) is 19.6. The molecule has 0 saturated heterocycles. The maximum Gasteiger partial charge on any atom is 0.308 e. The summed E-state index contributed by atoms with van der Waals surface area (Å²) in [6, 6.07) is 3.26. The Kier molecular flexibility index (Phi) is 4.44. The van der Waals surface area contributed by atoms with Crippen LogP contribution >= 0.6 is 0 Å². The number of carboxylic acids is 1. The van der Waals surface area contributed by atoms with Crippen LogP contribution in [-0.4, -0.2) is 28.9 Å². The lowest BCUT2D eigenvalue weighted by atomic mass is 9.89. The Morgan fingerprint density at radius 3 is 2.73 bits per heavy atom. The van der Waals surface area contributed by atoms with Gasteiger partial charge in [-0.15, -0.1) is 0 Å². The zero-order valence-corrected chi connectivity index (χ0v) is 12.2. The summed E-state index contributed by atoms with van der Waals surface area (Å²) in [5.74, 6) is -3.85. The van der Waals surface area contributed by atoms with E-state index in [1.165, 1.54) is 19.1 Å². The van der Waals surface area contributed by atoms with Crippen molar-refractivity contribution in [3.63, 3.8) is 0 Å². The minimum Gasteiger partial charge on any atom is -0.481 e. The van der Waals surface area contributed by atoms with Gasteiger partial charge < -0.3 is 15.7 Å². The second kappa shape index (κ2) is 6.13. The minimum atomic E-state index is -1.02. The van der Waals surface area contributed by atoms with Gasteiger partial charge in [-0.05, 0) is 31.5 Å². The standard InChI is InChI=1S/C15H17FN2O4/c1-7(15(21)22)8(2)17-14(20)11-6-13(19)18-12-5-9(16)3-4-10(11)12/h3-5,7-8,11H,6H2,1-2H3,(H,17,20)(H,18,19)(H,21,22). The molecular formula is C15H17FN2O4. The van der Waals surface area contributed by atoms with Gasteiger partial charge in [-0.25, -0.2) is 4.39 Å². The number of rotatable bonds is 4. The van der Waals surface area contributed by atoms with Gasteiger partial charge >= 0.3 is 5.97 Å². The highest BCUT2D eigenvalue weighted by molar-refractivity contribution is 6.01. The molecule has 7 heteroatoms. The number of aliphatic carboxylic acids is 1. The van der Waals surface area contributed by atoms with Gasteiger partial charge in [0.2, 0.25) is 11.8 Å². The van der Waals surface area contributed by atoms with E-state index in [-0.39, 0.29) is 18.0 Å². The number of hydrogen-bond donors (Lipinski definition) is 3. The second-order valence-corrected chi connectivity index (χ2v) is 5.46. The van der Waals surface area contributed by atoms with Gasteiger partial charge in [0.1, 0.15) is 5.82 Å². The number of amides is 2. The summed E-state index contributed by atoms with van der Waals surface area (Å²) in [5, 5.41) is 14.1. The fourth-order valence-corrected chi connectivity index (χ4v) is 2.33. The van der Waals surface area contributed by atoms with Gasteiger partial charge in [0.05, 0.1) is 11.8 Å². The molecule has 3 atom stereocenters. The molecule has 2 rings (SSSR count). The fourth-order valence-electron chi connectivity index (χ4n) is 2.33. The van der Waals surface area contributed by atoms with Crippen LogP contribution in [0.25, 0.3) is 0 Å². The molecule has 1 aromatic rings. The molecule has 6 nitrogen and oxygen atoms in total. The van der Waals surface area contributed by atoms with Gasteiger partial charge in [-0.2, -0.15) is 0 Å². The molecule has 0 spiro atoms. The minimum absolute atomic E-state index is 0.0569. The first kappa shape index (κ1) is 15.9. The summed E-state index contributed by atoms with van der Waals surface area (Å²) in [6.07, 6.45) is -0.0569. The van der Waals surface area contributed by atoms with Crippen LogP contribution in [0, 0.1) is 11.7 Å². The number of carboxylic acid groups (broad SMARTS) is 1. The average molecular weight is 308 g/mol. The fraction of sp³-hybridized carbons (Fsp3) is 0.400. The molecule has 3 N–H and O–H groups in total. The van der Waals surface area contributed by atoms with Gasteiger partial charge in [0, 0.05) is 18.2 Å². The van der Waals surface area contributed by atoms with Crippen molar-refractivity contribution in [1.82, 2.24) is 5.32 Å². The maximum atomic E-state index is 13.2. The van der Waals surface area contributed by atoms with Crippen LogP contribution in [0.15, 0.2) is 18.2 Å². The zero-order chi connectivity index (χ0) is 16.4. The number of halogens is 1. The van der Waals surface area contributed by atoms with Crippen LogP contribution < -0.4 is 10.6 Å². The maximum absolute atomic E-state index is 13.2. The highest BCUT2D eigenvalue weighted by Crippen LogP contribution is 2.33. The van der Waals surface area contributed by atoms with Crippen LogP contribution in [0.5, 0.6) is 0 Å². The van der Waals surface area contributed by atoms with E-state index in [0.717, 1.165) is 6.07 Å². The molecule has 0 aromatic heterocycles. The Balaban J connectivity index is 2.20. The molecule has 118 valence electrons. The third-order valence-electron chi connectivity index (χ3n) is 3.88. The predicted octanol–water partition coefficient (Wildman–Crippen LogP) is 1.48. The monoisotopic (exact) mass is 308 g/mol. The highest BCUT2D eigenvalue weighted by Gasteiger charge is 2.32. The first-order chi connectivity index (χ1) is 10.3. The number of nitrogens with one attached hydrogen (secondary N) is 2. The Hall–Kier alpha value is -2.44. The lowest BCUT2D eigenvalue weighted by molar-refractivity contribution is -0.142. The Morgan fingerprint density at radius 2 is 2.09 bits per heavy atom. The van der Waals surface area contributed by atoms with Crippen molar-refractivity contribution in [3.05, 3.63) is 29.6 Å². The largest absolute Gasteiger partial charge is 0.481 e. The third kappa shape index (κ3) is 3.24. The summed E-state index contributed by atoms with van der Waals surface area (Å²) in [4.78, 5) is 35.0. The van der Waals surface area contributed by atoms with E-state index >= 15 is 0 Å². The molecule has 22 heavy (non-hydrogen) atoms. The third-order valence-corrected chi connectivity index (χ3v) is 3.88. The van der Waals surface area contributed by atoms with Crippen LogP contribution in [-0.2, 0) is 14.4 Å². The lowest BCUT2D eigenvalue weighted by Gasteiger charge is -2.27. The molecule has 1 heterocycles. The molecule has 0 bridgehead atoms. The highest BCUT2D eigenvalue weighted by atomic mass is 19.1. The number of carbonyl (C=O) groups is 3. The SMILES string of the molecule is CC(NC(=O)C1CC(=O)Nc2cc(F)ccc21)C(C)C(=O)O. The van der Waals surface area contributed by atoms with E-state index in [1.54, 1.807) is 6.92 Å². The van der Waals surface area contributed by atoms with Crippen LogP contribution in [0.4, 0.5) is 10.1 Å². The summed E-state index contributed by atoms with van der Waals surface area (Å²) in [5.41, 5.74) is 0.795. The first-order valence-electron chi connectivity index (χ1n) is 6.92. The Labute approximate surface area is 126 Å². The van der Waals surface area contributed by atoms with E-state index < -0.39 is 35.6 Å². The number of fused-ring (bicyclic) bond motifs is 1. The number of carbonyl (C=O) groups excluding carboxylic acids is 2. The Bertz CT molecular complexity index is 632. The molecule has 0 radical (unpaired) electrons. The summed E-state index contributed by atoms with van der Waals surface area (Å²) in [6.45, 7) is 3.08. The molecule has 0 saturated carbocycles. The molecule has 1 aromatic carbocycles.